The first kappa shape index (κ1) is 18.0. The summed E-state index contributed by atoms with van der Waals surface area (Å²) in [6, 6.07) is 11.5. The molecule has 0 saturated heterocycles. The fourth-order valence-corrected chi connectivity index (χ4v) is 3.28. The highest BCUT2D eigenvalue weighted by molar-refractivity contribution is 6.36. The van der Waals surface area contributed by atoms with Gasteiger partial charge in [-0.15, -0.1) is 0 Å². The van der Waals surface area contributed by atoms with E-state index in [1.807, 2.05) is 6.07 Å². The highest BCUT2D eigenvalue weighted by Gasteiger charge is 2.26. The third kappa shape index (κ3) is 2.94. The lowest BCUT2D eigenvalue weighted by Crippen LogP contribution is -2.22. The van der Waals surface area contributed by atoms with Crippen molar-refractivity contribution in [3.8, 4) is 17.2 Å². The van der Waals surface area contributed by atoms with Crippen LogP contribution in [0.3, 0.4) is 0 Å². The van der Waals surface area contributed by atoms with Crippen LogP contribution in [0.1, 0.15) is 22.8 Å². The van der Waals surface area contributed by atoms with Crippen LogP contribution >= 0.6 is 23.2 Å². The maximum absolute atomic E-state index is 12.8. The van der Waals surface area contributed by atoms with Gasteiger partial charge in [0.15, 0.2) is 0 Å². The summed E-state index contributed by atoms with van der Waals surface area (Å²) in [4.78, 5) is 25.5. The summed E-state index contributed by atoms with van der Waals surface area (Å²) in [6.07, 6.45) is 1.49. The van der Waals surface area contributed by atoms with Crippen LogP contribution in [-0.2, 0) is 4.74 Å². The number of hydrogen-bond donors (Lipinski definition) is 0. The number of carbonyl (C=O) groups excluding carboxylic acids is 1. The molecule has 0 atom stereocenters. The average molecular weight is 387 g/mol. The summed E-state index contributed by atoms with van der Waals surface area (Å²) in [5.41, 5.74) is 0.199. The molecule has 2 aromatic heterocycles. The number of halogens is 2. The van der Waals surface area contributed by atoms with E-state index >= 15 is 0 Å². The van der Waals surface area contributed by atoms with E-state index in [4.69, 9.17) is 27.9 Å². The van der Waals surface area contributed by atoms with Gasteiger partial charge in [-0.3, -0.25) is 9.20 Å². The molecular weight excluding hydrogens is 375 g/mol. The summed E-state index contributed by atoms with van der Waals surface area (Å²) in [5, 5.41) is 10.2. The zero-order chi connectivity index (χ0) is 18.8. The van der Waals surface area contributed by atoms with Gasteiger partial charge >= 0.3 is 5.97 Å². The van der Waals surface area contributed by atoms with Crippen molar-refractivity contribution < 1.29 is 9.53 Å². The van der Waals surface area contributed by atoms with Crippen LogP contribution in [0.25, 0.3) is 16.6 Å². The molecule has 0 unspecified atom stereocenters. The molecule has 26 heavy (non-hydrogen) atoms. The Kier molecular flexibility index (Phi) is 4.99. The van der Waals surface area contributed by atoms with Crippen LogP contribution in [0.4, 0.5) is 0 Å². The Morgan fingerprint density at radius 1 is 1.27 bits per heavy atom. The minimum atomic E-state index is -0.645. The van der Waals surface area contributed by atoms with E-state index < -0.39 is 11.5 Å². The predicted octanol–water partition coefficient (Wildman–Crippen LogP) is 4.32. The summed E-state index contributed by atoms with van der Waals surface area (Å²) in [6.45, 7) is 1.82. The molecule has 2 heterocycles. The van der Waals surface area contributed by atoms with Crippen molar-refractivity contribution in [2.45, 2.75) is 6.92 Å². The molecule has 0 amide bonds. The number of fused-ring (bicyclic) bond motifs is 1. The van der Waals surface area contributed by atoms with Crippen LogP contribution in [-0.4, -0.2) is 17.0 Å². The van der Waals surface area contributed by atoms with Crippen LogP contribution in [0, 0.1) is 11.3 Å². The molecule has 0 spiro atoms. The van der Waals surface area contributed by atoms with Gasteiger partial charge < -0.3 is 4.74 Å². The molecule has 0 aliphatic rings. The molecule has 5 nitrogen and oxygen atoms in total. The van der Waals surface area contributed by atoms with Gasteiger partial charge in [0.05, 0.1) is 17.7 Å². The molecule has 1 aromatic carbocycles. The molecular formula is C19H12Cl2N2O3. The van der Waals surface area contributed by atoms with Gasteiger partial charge in [-0.1, -0.05) is 35.3 Å². The molecule has 7 heteroatoms. The highest BCUT2D eigenvalue weighted by Crippen LogP contribution is 2.35. The topological polar surface area (TPSA) is 71.6 Å². The van der Waals surface area contributed by atoms with Crippen LogP contribution in [0.5, 0.6) is 0 Å². The van der Waals surface area contributed by atoms with Crippen molar-refractivity contribution in [3.63, 3.8) is 0 Å². The maximum Gasteiger partial charge on any atom is 0.340 e. The maximum atomic E-state index is 12.8. The molecule has 0 radical (unpaired) electrons. The first-order chi connectivity index (χ1) is 12.5. The van der Waals surface area contributed by atoms with E-state index in [1.54, 1.807) is 37.3 Å². The fraction of sp³-hybridized carbons (Fsp3) is 0.105. The third-order valence-corrected chi connectivity index (χ3v) is 4.39. The smallest absolute Gasteiger partial charge is 0.340 e. The molecule has 0 saturated carbocycles. The zero-order valence-corrected chi connectivity index (χ0v) is 15.1. The number of hydrogen-bond acceptors (Lipinski definition) is 4. The van der Waals surface area contributed by atoms with Gasteiger partial charge in [0, 0.05) is 27.4 Å². The van der Waals surface area contributed by atoms with E-state index in [9.17, 15) is 14.9 Å². The normalized spacial score (nSPS) is 10.5. The fourth-order valence-electron chi connectivity index (χ4n) is 2.78. The van der Waals surface area contributed by atoms with Crippen molar-refractivity contribution in [1.29, 1.82) is 5.26 Å². The van der Waals surface area contributed by atoms with Gasteiger partial charge in [-0.25, -0.2) is 4.79 Å². The van der Waals surface area contributed by atoms with Crippen LogP contribution < -0.4 is 5.56 Å². The lowest BCUT2D eigenvalue weighted by molar-refractivity contribution is 0.0529. The second kappa shape index (κ2) is 7.20. The number of pyridine rings is 2. The van der Waals surface area contributed by atoms with Crippen molar-refractivity contribution >= 4 is 34.7 Å². The Morgan fingerprint density at radius 3 is 2.69 bits per heavy atom. The Morgan fingerprint density at radius 2 is 2.04 bits per heavy atom. The number of carbonyl (C=O) groups is 1. The first-order valence-corrected chi connectivity index (χ1v) is 8.45. The second-order valence-electron chi connectivity index (χ2n) is 5.34. The van der Waals surface area contributed by atoms with Crippen molar-refractivity contribution in [1.82, 2.24) is 4.40 Å². The lowest BCUT2D eigenvalue weighted by Gasteiger charge is -2.15. The number of benzene rings is 1. The predicted molar refractivity (Wildman–Crippen MR) is 99.8 cm³/mol. The summed E-state index contributed by atoms with van der Waals surface area (Å²) >= 11 is 12.2. The summed E-state index contributed by atoms with van der Waals surface area (Å²) < 4.78 is 6.42. The molecule has 0 bridgehead atoms. The van der Waals surface area contributed by atoms with Gasteiger partial charge in [-0.2, -0.15) is 5.26 Å². The highest BCUT2D eigenvalue weighted by atomic mass is 35.5. The van der Waals surface area contributed by atoms with E-state index in [0.29, 0.717) is 16.1 Å². The number of esters is 1. The molecule has 3 rings (SSSR count). The average Bonchev–Trinajstić information content (AvgIpc) is 2.62. The largest absolute Gasteiger partial charge is 0.462 e. The standard InChI is InChI=1S/C19H12Cl2N2O3/c1-2-26-19(25)17-15-5-3-4-8-23(15)18(24)13(10-22)16(17)12-7-6-11(20)9-14(12)21/h3-9H,2H2,1H3. The van der Waals surface area contributed by atoms with Crippen molar-refractivity contribution in [2.75, 3.05) is 6.61 Å². The SMILES string of the molecule is CCOC(=O)c1c(-c2ccc(Cl)cc2Cl)c(C#N)c(=O)n2ccccc12. The minimum absolute atomic E-state index is 0.104. The van der Waals surface area contributed by atoms with Crippen molar-refractivity contribution in [2.24, 2.45) is 0 Å². The number of nitriles is 1. The lowest BCUT2D eigenvalue weighted by atomic mass is 9.95. The monoisotopic (exact) mass is 386 g/mol. The molecule has 130 valence electrons. The molecule has 3 aromatic rings. The molecule has 0 aliphatic heterocycles. The van der Waals surface area contributed by atoms with E-state index in [0.717, 1.165) is 0 Å². The summed E-state index contributed by atoms with van der Waals surface area (Å²) in [7, 11) is 0. The van der Waals surface area contributed by atoms with Crippen molar-refractivity contribution in [3.05, 3.63) is 74.1 Å². The second-order valence-corrected chi connectivity index (χ2v) is 6.19. The Hall–Kier alpha value is -2.81. The molecule has 0 N–H and O–H groups in total. The molecule has 0 fully saturated rings. The van der Waals surface area contributed by atoms with Gasteiger partial charge in [0.1, 0.15) is 11.6 Å². The van der Waals surface area contributed by atoms with Crippen LogP contribution in [0.15, 0.2) is 47.4 Å². The Labute approximate surface area is 159 Å². The van der Waals surface area contributed by atoms with Crippen LogP contribution in [0.2, 0.25) is 10.0 Å². The van der Waals surface area contributed by atoms with E-state index in [-0.39, 0.29) is 28.3 Å². The Bertz CT molecular complexity index is 1130. The summed E-state index contributed by atoms with van der Waals surface area (Å²) in [5.74, 6) is -0.645. The molecule has 0 aliphatic carbocycles. The first-order valence-electron chi connectivity index (χ1n) is 7.69. The van der Waals surface area contributed by atoms with Gasteiger partial charge in [-0.05, 0) is 31.2 Å². The number of aromatic nitrogens is 1. The number of nitrogens with zero attached hydrogens (tertiary/aromatic N) is 2. The Balaban J connectivity index is 2.55. The minimum Gasteiger partial charge on any atom is -0.462 e. The quantitative estimate of drug-likeness (QED) is 0.628. The number of rotatable bonds is 3. The zero-order valence-electron chi connectivity index (χ0n) is 13.6. The third-order valence-electron chi connectivity index (χ3n) is 3.84. The van der Waals surface area contributed by atoms with E-state index in [1.165, 1.54) is 16.7 Å². The van der Waals surface area contributed by atoms with Gasteiger partial charge in [0.25, 0.3) is 5.56 Å². The number of ether oxygens (including phenoxy) is 1. The van der Waals surface area contributed by atoms with Gasteiger partial charge in [0.2, 0.25) is 0 Å². The van der Waals surface area contributed by atoms with E-state index in [2.05, 4.69) is 0 Å².